The molecule has 3 rings (SSSR count). The SMILES string of the molecule is O=S(=O)(Nc1cccnn1)c1c(Cl)nc2ccccn12. The van der Waals surface area contributed by atoms with Gasteiger partial charge in [0.25, 0.3) is 10.0 Å². The van der Waals surface area contributed by atoms with Crippen LogP contribution in [0.2, 0.25) is 5.15 Å². The molecule has 3 heterocycles. The van der Waals surface area contributed by atoms with Gasteiger partial charge in [0, 0.05) is 12.4 Å². The number of rotatable bonds is 3. The number of hydrogen-bond donors (Lipinski definition) is 1. The molecule has 0 aliphatic heterocycles. The normalized spacial score (nSPS) is 11.7. The Hall–Kier alpha value is -2.19. The average Bonchev–Trinajstić information content (AvgIpc) is 2.75. The third kappa shape index (κ3) is 2.19. The molecule has 0 unspecified atom stereocenters. The zero-order valence-corrected chi connectivity index (χ0v) is 11.5. The van der Waals surface area contributed by atoms with E-state index in [9.17, 15) is 8.42 Å². The quantitative estimate of drug-likeness (QED) is 0.793. The van der Waals surface area contributed by atoms with Gasteiger partial charge in [-0.1, -0.05) is 17.7 Å². The number of sulfonamides is 1. The smallest absolute Gasteiger partial charge is 0.282 e. The van der Waals surface area contributed by atoms with E-state index in [1.165, 1.54) is 16.7 Å². The molecular formula is C11H8ClN5O2S. The van der Waals surface area contributed by atoms with E-state index >= 15 is 0 Å². The maximum absolute atomic E-state index is 12.4. The Bertz CT molecular complexity index is 863. The molecule has 20 heavy (non-hydrogen) atoms. The first-order chi connectivity index (χ1) is 9.58. The highest BCUT2D eigenvalue weighted by Crippen LogP contribution is 2.24. The van der Waals surface area contributed by atoms with E-state index in [0.717, 1.165) is 0 Å². The zero-order valence-electron chi connectivity index (χ0n) is 9.93. The van der Waals surface area contributed by atoms with Crippen LogP contribution in [-0.4, -0.2) is 28.0 Å². The minimum absolute atomic E-state index is 0.104. The van der Waals surface area contributed by atoms with Gasteiger partial charge >= 0.3 is 0 Å². The highest BCUT2D eigenvalue weighted by molar-refractivity contribution is 7.92. The van der Waals surface area contributed by atoms with Gasteiger partial charge in [-0.2, -0.15) is 13.5 Å². The van der Waals surface area contributed by atoms with Crippen LogP contribution in [-0.2, 0) is 10.0 Å². The standard InChI is InChI=1S/C11H8ClN5O2S/c12-10-11(17-7-2-1-5-9(17)14-10)20(18,19)16-8-4-3-6-13-15-8/h1-7H,(H,15,16). The third-order valence-corrected chi connectivity index (χ3v) is 4.26. The van der Waals surface area contributed by atoms with Crippen LogP contribution in [0.1, 0.15) is 0 Å². The van der Waals surface area contributed by atoms with E-state index in [4.69, 9.17) is 11.6 Å². The zero-order chi connectivity index (χ0) is 14.2. The van der Waals surface area contributed by atoms with Gasteiger partial charge in [-0.05, 0) is 24.3 Å². The summed E-state index contributed by atoms with van der Waals surface area (Å²) in [6.45, 7) is 0. The number of nitrogens with zero attached hydrogens (tertiary/aromatic N) is 4. The van der Waals surface area contributed by atoms with E-state index in [0.29, 0.717) is 5.65 Å². The van der Waals surface area contributed by atoms with Crippen molar-refractivity contribution in [3.8, 4) is 0 Å². The Labute approximate surface area is 119 Å². The molecule has 1 N–H and O–H groups in total. The van der Waals surface area contributed by atoms with Crippen LogP contribution in [0, 0.1) is 0 Å². The first-order valence-electron chi connectivity index (χ1n) is 5.51. The first kappa shape index (κ1) is 12.8. The second kappa shape index (κ2) is 4.73. The number of nitrogens with one attached hydrogen (secondary N) is 1. The van der Waals surface area contributed by atoms with Crippen LogP contribution >= 0.6 is 11.6 Å². The Kier molecular flexibility index (Phi) is 3.03. The van der Waals surface area contributed by atoms with Crippen molar-refractivity contribution in [2.45, 2.75) is 5.03 Å². The van der Waals surface area contributed by atoms with Gasteiger partial charge in [0.05, 0.1) is 0 Å². The molecule has 0 saturated heterocycles. The number of anilines is 1. The van der Waals surface area contributed by atoms with Crippen LogP contribution < -0.4 is 4.72 Å². The second-order valence-corrected chi connectivity index (χ2v) is 5.81. The lowest BCUT2D eigenvalue weighted by atomic mass is 10.5. The predicted octanol–water partition coefficient (Wildman–Crippen LogP) is 1.58. The predicted molar refractivity (Wildman–Crippen MR) is 73.0 cm³/mol. The molecule has 0 aliphatic rings. The molecule has 9 heteroatoms. The molecule has 0 aromatic carbocycles. The fraction of sp³-hybridized carbons (Fsp3) is 0. The molecule has 0 atom stereocenters. The summed E-state index contributed by atoms with van der Waals surface area (Å²) in [4.78, 5) is 3.99. The van der Waals surface area contributed by atoms with Crippen molar-refractivity contribution in [3.05, 3.63) is 47.9 Å². The monoisotopic (exact) mass is 309 g/mol. The molecule has 0 bridgehead atoms. The van der Waals surface area contributed by atoms with Crippen LogP contribution in [0.5, 0.6) is 0 Å². The van der Waals surface area contributed by atoms with Crippen molar-refractivity contribution in [2.75, 3.05) is 4.72 Å². The number of fused-ring (bicyclic) bond motifs is 1. The van der Waals surface area contributed by atoms with E-state index in [1.54, 1.807) is 30.5 Å². The highest BCUT2D eigenvalue weighted by Gasteiger charge is 2.24. The molecule has 0 spiro atoms. The number of aromatic nitrogens is 4. The van der Waals surface area contributed by atoms with Gasteiger partial charge in [0.2, 0.25) is 0 Å². The Morgan fingerprint density at radius 1 is 1.20 bits per heavy atom. The maximum Gasteiger partial charge on any atom is 0.282 e. The number of pyridine rings is 1. The van der Waals surface area contributed by atoms with Gasteiger partial charge in [0.1, 0.15) is 5.65 Å². The van der Waals surface area contributed by atoms with E-state index < -0.39 is 10.0 Å². The van der Waals surface area contributed by atoms with Crippen LogP contribution in [0.3, 0.4) is 0 Å². The molecule has 102 valence electrons. The molecular weight excluding hydrogens is 302 g/mol. The molecule has 3 aromatic rings. The average molecular weight is 310 g/mol. The molecule has 0 saturated carbocycles. The summed E-state index contributed by atoms with van der Waals surface area (Å²) in [6.07, 6.45) is 3.01. The Balaban J connectivity index is 2.12. The fourth-order valence-electron chi connectivity index (χ4n) is 1.73. The largest absolute Gasteiger partial charge is 0.288 e. The highest BCUT2D eigenvalue weighted by atomic mass is 35.5. The van der Waals surface area contributed by atoms with E-state index in [-0.39, 0.29) is 16.0 Å². The molecule has 7 nitrogen and oxygen atoms in total. The summed E-state index contributed by atoms with van der Waals surface area (Å²) in [6, 6.07) is 8.15. The lowest BCUT2D eigenvalue weighted by Gasteiger charge is -2.06. The Morgan fingerprint density at radius 2 is 2.05 bits per heavy atom. The van der Waals surface area contributed by atoms with Crippen molar-refractivity contribution in [2.24, 2.45) is 0 Å². The van der Waals surface area contributed by atoms with E-state index in [1.807, 2.05) is 0 Å². The molecule has 0 aliphatic carbocycles. The molecule has 0 fully saturated rings. The van der Waals surface area contributed by atoms with Crippen LogP contribution in [0.4, 0.5) is 5.82 Å². The minimum Gasteiger partial charge on any atom is -0.288 e. The summed E-state index contributed by atoms with van der Waals surface area (Å²) < 4.78 is 28.4. The topological polar surface area (TPSA) is 89.2 Å². The minimum atomic E-state index is -3.91. The summed E-state index contributed by atoms with van der Waals surface area (Å²) >= 11 is 5.93. The Morgan fingerprint density at radius 3 is 2.80 bits per heavy atom. The lowest BCUT2D eigenvalue weighted by molar-refractivity contribution is 0.596. The summed E-state index contributed by atoms with van der Waals surface area (Å²) in [5.41, 5.74) is 0.442. The number of halogens is 1. The van der Waals surface area contributed by atoms with Gasteiger partial charge in [-0.25, -0.2) is 4.98 Å². The van der Waals surface area contributed by atoms with Crippen molar-refractivity contribution < 1.29 is 8.42 Å². The van der Waals surface area contributed by atoms with Crippen LogP contribution in [0.25, 0.3) is 5.65 Å². The lowest BCUT2D eigenvalue weighted by Crippen LogP contribution is -2.16. The van der Waals surface area contributed by atoms with Crippen molar-refractivity contribution in [1.82, 2.24) is 19.6 Å². The number of hydrogen-bond acceptors (Lipinski definition) is 5. The number of imidazole rings is 1. The molecule has 3 aromatic heterocycles. The molecule has 0 radical (unpaired) electrons. The van der Waals surface area contributed by atoms with Gasteiger partial charge in [-0.15, -0.1) is 5.10 Å². The third-order valence-electron chi connectivity index (χ3n) is 2.51. The van der Waals surface area contributed by atoms with Crippen LogP contribution in [0.15, 0.2) is 47.8 Å². The summed E-state index contributed by atoms with van der Waals surface area (Å²) in [7, 11) is -3.91. The first-order valence-corrected chi connectivity index (χ1v) is 7.37. The summed E-state index contributed by atoms with van der Waals surface area (Å²) in [5.74, 6) is 0.106. The van der Waals surface area contributed by atoms with Gasteiger partial charge in [-0.3, -0.25) is 9.12 Å². The fourth-order valence-corrected chi connectivity index (χ4v) is 3.37. The van der Waals surface area contributed by atoms with Crippen molar-refractivity contribution in [1.29, 1.82) is 0 Å². The molecule has 0 amide bonds. The van der Waals surface area contributed by atoms with Crippen molar-refractivity contribution in [3.63, 3.8) is 0 Å². The van der Waals surface area contributed by atoms with Gasteiger partial charge < -0.3 is 0 Å². The van der Waals surface area contributed by atoms with Gasteiger partial charge in [0.15, 0.2) is 16.0 Å². The second-order valence-electron chi connectivity index (χ2n) is 3.85. The van der Waals surface area contributed by atoms with E-state index in [2.05, 4.69) is 19.9 Å². The van der Waals surface area contributed by atoms with Crippen molar-refractivity contribution >= 4 is 33.1 Å². The maximum atomic E-state index is 12.4. The summed E-state index contributed by atoms with van der Waals surface area (Å²) in [5, 5.41) is 7.03.